The minimum Gasteiger partial charge on any atom is -0.375 e. The fourth-order valence-corrected chi connectivity index (χ4v) is 2.75. The third-order valence-electron chi connectivity index (χ3n) is 3.12. The molecule has 0 spiro atoms. The maximum Gasteiger partial charge on any atom is 0.226 e. The molecule has 1 aliphatic carbocycles. The summed E-state index contributed by atoms with van der Waals surface area (Å²) in [5.74, 6) is 0.661. The minimum atomic E-state index is 0.0593. The van der Waals surface area contributed by atoms with Gasteiger partial charge in [-0.2, -0.15) is 0 Å². The number of nitrogen functional groups attached to an aromatic ring is 1. The molecule has 1 amide bonds. The van der Waals surface area contributed by atoms with Crippen molar-refractivity contribution in [3.63, 3.8) is 0 Å². The van der Waals surface area contributed by atoms with Crippen LogP contribution >= 0.6 is 11.3 Å². The van der Waals surface area contributed by atoms with Crippen LogP contribution in [0.3, 0.4) is 0 Å². The van der Waals surface area contributed by atoms with Gasteiger partial charge in [0, 0.05) is 11.4 Å². The van der Waals surface area contributed by atoms with E-state index < -0.39 is 0 Å². The standard InChI is InChI=1S/C11H17N3OS/c1-7-3-2-4-9(7)14-10(15)5-8-6-16-11(12)13-8/h6-7,9H,2-5H2,1H3,(H2,12,13)(H,14,15). The first-order valence-electron chi connectivity index (χ1n) is 5.64. The predicted octanol–water partition coefficient (Wildman–Crippen LogP) is 1.57. The van der Waals surface area contributed by atoms with E-state index in [-0.39, 0.29) is 5.91 Å². The third-order valence-corrected chi connectivity index (χ3v) is 3.84. The Bertz CT molecular complexity index is 377. The van der Waals surface area contributed by atoms with Gasteiger partial charge in [0.2, 0.25) is 5.91 Å². The lowest BCUT2D eigenvalue weighted by molar-refractivity contribution is -0.121. The van der Waals surface area contributed by atoms with Crippen molar-refractivity contribution in [2.24, 2.45) is 5.92 Å². The Balaban J connectivity index is 1.84. The van der Waals surface area contributed by atoms with Gasteiger partial charge in [0.05, 0.1) is 12.1 Å². The molecule has 2 atom stereocenters. The molecule has 1 aromatic heterocycles. The molecule has 3 N–H and O–H groups in total. The van der Waals surface area contributed by atoms with Crippen molar-refractivity contribution >= 4 is 22.4 Å². The Morgan fingerprint density at radius 1 is 1.69 bits per heavy atom. The van der Waals surface area contributed by atoms with Crippen molar-refractivity contribution < 1.29 is 4.79 Å². The number of carbonyl (C=O) groups is 1. The van der Waals surface area contributed by atoms with Crippen LogP contribution in [-0.2, 0) is 11.2 Å². The van der Waals surface area contributed by atoms with E-state index in [0.717, 1.165) is 12.1 Å². The average molecular weight is 239 g/mol. The molecule has 16 heavy (non-hydrogen) atoms. The molecule has 0 saturated heterocycles. The molecule has 2 rings (SSSR count). The number of hydrogen-bond donors (Lipinski definition) is 2. The van der Waals surface area contributed by atoms with Crippen molar-refractivity contribution in [1.29, 1.82) is 0 Å². The predicted molar refractivity (Wildman–Crippen MR) is 65.2 cm³/mol. The van der Waals surface area contributed by atoms with Gasteiger partial charge in [-0.05, 0) is 18.8 Å². The summed E-state index contributed by atoms with van der Waals surface area (Å²) in [6.45, 7) is 2.19. The largest absolute Gasteiger partial charge is 0.375 e. The highest BCUT2D eigenvalue weighted by molar-refractivity contribution is 7.13. The van der Waals surface area contributed by atoms with Crippen molar-refractivity contribution in [1.82, 2.24) is 10.3 Å². The molecule has 1 saturated carbocycles. The zero-order valence-corrected chi connectivity index (χ0v) is 10.2. The Morgan fingerprint density at radius 3 is 3.06 bits per heavy atom. The van der Waals surface area contributed by atoms with Gasteiger partial charge in [0.25, 0.3) is 0 Å². The van der Waals surface area contributed by atoms with Gasteiger partial charge in [-0.15, -0.1) is 11.3 Å². The molecule has 0 aliphatic heterocycles. The highest BCUT2D eigenvalue weighted by Crippen LogP contribution is 2.24. The Labute approximate surface area is 99.3 Å². The van der Waals surface area contributed by atoms with Crippen LogP contribution in [0.4, 0.5) is 5.13 Å². The van der Waals surface area contributed by atoms with Crippen LogP contribution in [0.2, 0.25) is 0 Å². The second-order valence-corrected chi connectivity index (χ2v) is 5.33. The van der Waals surface area contributed by atoms with Crippen LogP contribution in [0.5, 0.6) is 0 Å². The summed E-state index contributed by atoms with van der Waals surface area (Å²) in [6, 6.07) is 0.350. The van der Waals surface area contributed by atoms with Gasteiger partial charge < -0.3 is 11.1 Å². The number of nitrogens with zero attached hydrogens (tertiary/aromatic N) is 1. The number of amides is 1. The summed E-state index contributed by atoms with van der Waals surface area (Å²) in [7, 11) is 0. The summed E-state index contributed by atoms with van der Waals surface area (Å²) in [5.41, 5.74) is 6.28. The number of nitrogens with one attached hydrogen (secondary N) is 1. The number of aromatic nitrogens is 1. The maximum absolute atomic E-state index is 11.7. The van der Waals surface area contributed by atoms with Crippen LogP contribution in [0, 0.1) is 5.92 Å². The van der Waals surface area contributed by atoms with Crippen molar-refractivity contribution in [3.8, 4) is 0 Å². The lowest BCUT2D eigenvalue weighted by atomic mass is 10.1. The first-order valence-corrected chi connectivity index (χ1v) is 6.52. The molecular formula is C11H17N3OS. The molecule has 1 heterocycles. The first-order chi connectivity index (χ1) is 7.65. The number of thiazole rings is 1. The first kappa shape index (κ1) is 11.4. The van der Waals surface area contributed by atoms with Gasteiger partial charge in [-0.25, -0.2) is 4.98 Å². The number of nitrogens with two attached hydrogens (primary N) is 1. The van der Waals surface area contributed by atoms with E-state index in [1.54, 1.807) is 0 Å². The summed E-state index contributed by atoms with van der Waals surface area (Å²) in [5, 5.41) is 5.44. The Kier molecular flexibility index (Phi) is 3.43. The van der Waals surface area contributed by atoms with E-state index in [9.17, 15) is 4.79 Å². The summed E-state index contributed by atoms with van der Waals surface area (Å²) in [6.07, 6.45) is 3.88. The zero-order chi connectivity index (χ0) is 11.5. The molecule has 4 nitrogen and oxygen atoms in total. The van der Waals surface area contributed by atoms with Crippen molar-refractivity contribution in [2.45, 2.75) is 38.6 Å². The second-order valence-electron chi connectivity index (χ2n) is 4.44. The molecule has 0 aromatic carbocycles. The molecule has 1 fully saturated rings. The lowest BCUT2D eigenvalue weighted by Gasteiger charge is -2.16. The van der Waals surface area contributed by atoms with Gasteiger partial charge >= 0.3 is 0 Å². The summed E-state index contributed by atoms with van der Waals surface area (Å²) >= 11 is 1.38. The maximum atomic E-state index is 11.7. The third kappa shape index (κ3) is 2.72. The Hall–Kier alpha value is -1.10. The molecule has 0 bridgehead atoms. The van der Waals surface area contributed by atoms with Crippen LogP contribution in [0.25, 0.3) is 0 Å². The minimum absolute atomic E-state index is 0.0593. The topological polar surface area (TPSA) is 68.0 Å². The van der Waals surface area contributed by atoms with E-state index in [0.29, 0.717) is 23.5 Å². The number of carbonyl (C=O) groups excluding carboxylic acids is 1. The van der Waals surface area contributed by atoms with Crippen LogP contribution < -0.4 is 11.1 Å². The molecule has 5 heteroatoms. The van der Waals surface area contributed by atoms with Crippen molar-refractivity contribution in [2.75, 3.05) is 5.73 Å². The summed E-state index contributed by atoms with van der Waals surface area (Å²) in [4.78, 5) is 15.8. The molecule has 1 aromatic rings. The van der Waals surface area contributed by atoms with Crippen LogP contribution in [-0.4, -0.2) is 16.9 Å². The van der Waals surface area contributed by atoms with E-state index >= 15 is 0 Å². The average Bonchev–Trinajstić information content (AvgIpc) is 2.77. The van der Waals surface area contributed by atoms with Crippen LogP contribution in [0.15, 0.2) is 5.38 Å². The van der Waals surface area contributed by atoms with E-state index in [1.165, 1.54) is 24.2 Å². The highest BCUT2D eigenvalue weighted by atomic mass is 32.1. The number of anilines is 1. The smallest absolute Gasteiger partial charge is 0.226 e. The van der Waals surface area contributed by atoms with Crippen molar-refractivity contribution in [3.05, 3.63) is 11.1 Å². The molecule has 1 aliphatic rings. The SMILES string of the molecule is CC1CCCC1NC(=O)Cc1csc(N)n1. The van der Waals surface area contributed by atoms with E-state index in [4.69, 9.17) is 5.73 Å². The second kappa shape index (κ2) is 4.82. The summed E-state index contributed by atoms with van der Waals surface area (Å²) < 4.78 is 0. The van der Waals surface area contributed by atoms with Gasteiger partial charge in [0.1, 0.15) is 0 Å². The molecule has 0 radical (unpaired) electrons. The van der Waals surface area contributed by atoms with Gasteiger partial charge in [-0.3, -0.25) is 4.79 Å². The highest BCUT2D eigenvalue weighted by Gasteiger charge is 2.24. The van der Waals surface area contributed by atoms with Crippen LogP contribution in [0.1, 0.15) is 31.9 Å². The fraction of sp³-hybridized carbons (Fsp3) is 0.636. The quantitative estimate of drug-likeness (QED) is 0.841. The number of rotatable bonds is 3. The Morgan fingerprint density at radius 2 is 2.50 bits per heavy atom. The van der Waals surface area contributed by atoms with Gasteiger partial charge in [-0.1, -0.05) is 13.3 Å². The molecule has 2 unspecified atom stereocenters. The zero-order valence-electron chi connectivity index (χ0n) is 9.40. The van der Waals surface area contributed by atoms with E-state index in [1.807, 2.05) is 5.38 Å². The normalized spacial score (nSPS) is 24.6. The number of hydrogen-bond acceptors (Lipinski definition) is 4. The fourth-order valence-electron chi connectivity index (χ4n) is 2.19. The molecule has 88 valence electrons. The monoisotopic (exact) mass is 239 g/mol. The van der Waals surface area contributed by atoms with Gasteiger partial charge in [0.15, 0.2) is 5.13 Å². The lowest BCUT2D eigenvalue weighted by Crippen LogP contribution is -2.37. The van der Waals surface area contributed by atoms with E-state index in [2.05, 4.69) is 17.2 Å². The molecular weight excluding hydrogens is 222 g/mol.